The van der Waals surface area contributed by atoms with Gasteiger partial charge in [0.15, 0.2) is 5.82 Å². The predicted octanol–water partition coefficient (Wildman–Crippen LogP) is 5.48. The molecule has 0 unspecified atom stereocenters. The molecule has 4 heterocycles. The van der Waals surface area contributed by atoms with Crippen LogP contribution in [0.4, 0.5) is 8.78 Å². The molecule has 1 aliphatic carbocycles. The molecule has 0 spiro atoms. The molecule has 0 N–H and O–H groups in total. The van der Waals surface area contributed by atoms with Gasteiger partial charge in [-0.1, -0.05) is 45.1 Å². The van der Waals surface area contributed by atoms with Crippen molar-refractivity contribution in [2.24, 2.45) is 5.92 Å². The first-order chi connectivity index (χ1) is 18.9. The summed E-state index contributed by atoms with van der Waals surface area (Å²) in [5.41, 5.74) is 0.751. The topological polar surface area (TPSA) is 91.0 Å². The van der Waals surface area contributed by atoms with Crippen LogP contribution in [0.2, 0.25) is 0 Å². The van der Waals surface area contributed by atoms with Gasteiger partial charge in [-0.05, 0) is 44.0 Å². The Morgan fingerprint density at radius 2 is 1.85 bits per heavy atom. The number of halogens is 2. The number of rotatable bonds is 4. The number of benzene rings is 1. The second-order valence-electron chi connectivity index (χ2n) is 9.85. The van der Waals surface area contributed by atoms with Gasteiger partial charge in [0.05, 0.1) is 12.1 Å². The van der Waals surface area contributed by atoms with Crippen molar-refractivity contribution in [3.63, 3.8) is 0 Å². The first kappa shape index (κ1) is 28.1. The van der Waals surface area contributed by atoms with E-state index in [1.807, 2.05) is 22.1 Å². The quantitative estimate of drug-likeness (QED) is 0.319. The van der Waals surface area contributed by atoms with Gasteiger partial charge in [0.1, 0.15) is 23.2 Å². The lowest BCUT2D eigenvalue weighted by molar-refractivity contribution is -0.119. The maximum absolute atomic E-state index is 12.4. The average molecular weight is 540 g/mol. The Bertz CT molecular complexity index is 1370. The number of amides is 1. The molecule has 1 aromatic carbocycles. The van der Waals surface area contributed by atoms with Gasteiger partial charge in [-0.15, -0.1) is 10.2 Å². The molecule has 1 aliphatic heterocycles. The van der Waals surface area contributed by atoms with Crippen molar-refractivity contribution >= 4 is 17.3 Å². The molecule has 3 aromatic heterocycles. The summed E-state index contributed by atoms with van der Waals surface area (Å²) >= 11 is 0. The first-order valence-corrected chi connectivity index (χ1v) is 13.3. The lowest BCUT2D eigenvalue weighted by atomic mass is 9.91. The van der Waals surface area contributed by atoms with Crippen molar-refractivity contribution in [3.05, 3.63) is 60.2 Å². The normalized spacial score (nSPS) is 15.2. The fraction of sp³-hybridized carbons (Fsp3) is 0.464. The van der Waals surface area contributed by atoms with Crippen LogP contribution >= 0.6 is 0 Å². The number of hydrogen-bond acceptors (Lipinski definition) is 6. The molecule has 6 rings (SSSR count). The van der Waals surface area contributed by atoms with E-state index in [4.69, 9.17) is 0 Å². The molecular weight excluding hydrogens is 504 g/mol. The molecule has 2 aliphatic rings. The minimum atomic E-state index is -2.84. The van der Waals surface area contributed by atoms with Crippen LogP contribution < -0.4 is 4.74 Å². The van der Waals surface area contributed by atoms with E-state index in [9.17, 15) is 13.6 Å². The van der Waals surface area contributed by atoms with E-state index in [0.29, 0.717) is 23.6 Å². The summed E-state index contributed by atoms with van der Waals surface area (Å²) < 4.78 is 33.1. The van der Waals surface area contributed by atoms with Crippen molar-refractivity contribution in [2.45, 2.75) is 72.6 Å². The van der Waals surface area contributed by atoms with Crippen LogP contribution in [0, 0.1) is 19.8 Å². The second-order valence-corrected chi connectivity index (χ2v) is 9.85. The number of fused-ring (bicyclic) bond motifs is 2. The molecule has 208 valence electrons. The van der Waals surface area contributed by atoms with Crippen LogP contribution in [0.1, 0.15) is 56.5 Å². The number of carbonyl (C=O) groups is 1. The lowest BCUT2D eigenvalue weighted by Crippen LogP contribution is -2.32. The molecular formula is C28H35F2N7O2. The summed E-state index contributed by atoms with van der Waals surface area (Å²) in [4.78, 5) is 20.5. The van der Waals surface area contributed by atoms with Crippen molar-refractivity contribution < 1.29 is 18.3 Å². The first-order valence-electron chi connectivity index (χ1n) is 13.3. The summed E-state index contributed by atoms with van der Waals surface area (Å²) in [7, 11) is 0. The van der Waals surface area contributed by atoms with Crippen LogP contribution in [-0.2, 0) is 17.9 Å². The van der Waals surface area contributed by atoms with Crippen molar-refractivity contribution in [2.75, 3.05) is 6.54 Å². The molecule has 11 heteroatoms. The van der Waals surface area contributed by atoms with Gasteiger partial charge < -0.3 is 18.8 Å². The Morgan fingerprint density at radius 3 is 2.51 bits per heavy atom. The molecule has 1 saturated carbocycles. The number of hydrogen-bond donors (Lipinski definition) is 0. The van der Waals surface area contributed by atoms with Crippen molar-refractivity contribution in [3.8, 4) is 11.6 Å². The van der Waals surface area contributed by atoms with E-state index in [1.165, 1.54) is 38.2 Å². The van der Waals surface area contributed by atoms with E-state index in [2.05, 4.69) is 31.8 Å². The molecule has 1 amide bonds. The highest BCUT2D eigenvalue weighted by Gasteiger charge is 2.17. The number of aryl methyl sites for hydroxylation is 2. The third-order valence-electron chi connectivity index (χ3n) is 6.93. The monoisotopic (exact) mass is 539 g/mol. The molecule has 0 atom stereocenters. The maximum atomic E-state index is 12.4. The van der Waals surface area contributed by atoms with Gasteiger partial charge in [-0.25, -0.2) is 9.97 Å². The highest BCUT2D eigenvalue weighted by atomic mass is 19.3. The summed E-state index contributed by atoms with van der Waals surface area (Å²) in [6.45, 7) is 5.39. The van der Waals surface area contributed by atoms with Gasteiger partial charge in [0.25, 0.3) is 0 Å². The number of aromatic nitrogens is 6. The average Bonchev–Trinajstić information content (AvgIpc) is 3.54. The third-order valence-corrected chi connectivity index (χ3v) is 6.93. The van der Waals surface area contributed by atoms with Crippen LogP contribution in [0.5, 0.6) is 5.75 Å². The minimum Gasteiger partial charge on any atom is -0.434 e. The molecule has 9 nitrogen and oxygen atoms in total. The van der Waals surface area contributed by atoms with Crippen LogP contribution in [0.15, 0.2) is 42.7 Å². The van der Waals surface area contributed by atoms with Gasteiger partial charge in [0.2, 0.25) is 6.41 Å². The summed E-state index contributed by atoms with van der Waals surface area (Å²) in [5.74, 6) is 4.32. The second kappa shape index (κ2) is 13.3. The number of alkyl halides is 2. The Balaban J connectivity index is 0.000000156. The van der Waals surface area contributed by atoms with E-state index in [1.54, 1.807) is 42.4 Å². The molecule has 39 heavy (non-hydrogen) atoms. The predicted molar refractivity (Wildman–Crippen MR) is 144 cm³/mol. The highest BCUT2D eigenvalue weighted by Crippen LogP contribution is 2.29. The van der Waals surface area contributed by atoms with E-state index >= 15 is 0 Å². The van der Waals surface area contributed by atoms with E-state index in [-0.39, 0.29) is 5.75 Å². The van der Waals surface area contributed by atoms with Gasteiger partial charge in [0, 0.05) is 30.9 Å². The van der Waals surface area contributed by atoms with Gasteiger partial charge in [-0.3, -0.25) is 4.79 Å². The Labute approximate surface area is 226 Å². The third kappa shape index (κ3) is 7.36. The summed E-state index contributed by atoms with van der Waals surface area (Å²) in [6, 6.07) is 8.50. The fourth-order valence-corrected chi connectivity index (χ4v) is 4.83. The molecule has 0 radical (unpaired) electrons. The zero-order valence-corrected chi connectivity index (χ0v) is 22.6. The zero-order chi connectivity index (χ0) is 27.8. The van der Waals surface area contributed by atoms with E-state index in [0.717, 1.165) is 42.6 Å². The zero-order valence-electron chi connectivity index (χ0n) is 22.6. The maximum Gasteiger partial charge on any atom is 0.387 e. The summed E-state index contributed by atoms with van der Waals surface area (Å²) in [6.07, 6.45) is 11.7. The fourth-order valence-electron chi connectivity index (χ4n) is 4.83. The van der Waals surface area contributed by atoms with Crippen molar-refractivity contribution in [1.82, 2.24) is 34.2 Å². The largest absolute Gasteiger partial charge is 0.434 e. The van der Waals surface area contributed by atoms with Crippen LogP contribution in [-0.4, -0.2) is 53.8 Å². The number of carbonyl (C=O) groups excluding carboxylic acids is 1. The van der Waals surface area contributed by atoms with Crippen LogP contribution in [0.3, 0.4) is 0 Å². The van der Waals surface area contributed by atoms with Gasteiger partial charge >= 0.3 is 6.61 Å². The molecule has 0 bridgehead atoms. The molecule has 1 fully saturated rings. The van der Waals surface area contributed by atoms with E-state index < -0.39 is 6.61 Å². The molecule has 0 saturated heterocycles. The Hall–Kier alpha value is -3.89. The Morgan fingerprint density at radius 1 is 1.05 bits per heavy atom. The number of nitrogens with zero attached hydrogens (tertiary/aromatic N) is 7. The van der Waals surface area contributed by atoms with Crippen LogP contribution in [0.25, 0.3) is 16.7 Å². The Kier molecular flexibility index (Phi) is 9.56. The lowest BCUT2D eigenvalue weighted by Gasteiger charge is -2.23. The number of ether oxygens (including phenoxy) is 1. The molecule has 4 aromatic rings. The van der Waals surface area contributed by atoms with Gasteiger partial charge in [-0.2, -0.15) is 8.78 Å². The standard InChI is InChI=1S/C14H11F2N3O.C7H10N4O.C7H14/c1-9-17-7-5-13(18-9)19-8-6-10-11(19)3-2-4-12(10)20-14(15)16;1-6-8-9-7-4-10(5-12)2-3-11(6)7;1-7-5-3-2-4-6-7/h2-8,14H,1H3;5H,2-4H2,1H3;7H,2-6H2,1H3. The summed E-state index contributed by atoms with van der Waals surface area (Å²) in [5, 5.41) is 8.52. The highest BCUT2D eigenvalue weighted by molar-refractivity contribution is 5.87. The smallest absolute Gasteiger partial charge is 0.387 e. The van der Waals surface area contributed by atoms with Crippen molar-refractivity contribution in [1.29, 1.82) is 0 Å². The SMILES string of the molecule is CC1CCCCC1.Cc1nccc(-n2ccc3c(OC(F)F)cccc32)n1.Cc1nnc2n1CCN(C=O)C2. The minimum absolute atomic E-state index is 0.155.